The molecule has 2 heterocycles. The SMILES string of the molecule is CCCCc1ncc(CN2CCC[C@](C)(C#N)C2)[nH]1. The highest BCUT2D eigenvalue weighted by Crippen LogP contribution is 2.29. The Kier molecular flexibility index (Phi) is 4.60. The molecule has 0 radical (unpaired) electrons. The minimum absolute atomic E-state index is 0.177. The molecule has 1 aliphatic heterocycles. The maximum atomic E-state index is 9.24. The lowest BCUT2D eigenvalue weighted by Gasteiger charge is -2.35. The third-order valence-corrected chi connectivity index (χ3v) is 3.89. The summed E-state index contributed by atoms with van der Waals surface area (Å²) in [5, 5.41) is 9.24. The largest absolute Gasteiger partial charge is 0.345 e. The first-order valence-corrected chi connectivity index (χ1v) is 7.31. The quantitative estimate of drug-likeness (QED) is 0.885. The minimum Gasteiger partial charge on any atom is -0.345 e. The van der Waals surface area contributed by atoms with Crippen LogP contribution in [-0.4, -0.2) is 28.0 Å². The van der Waals surface area contributed by atoms with Crippen LogP contribution in [0.2, 0.25) is 0 Å². The molecule has 19 heavy (non-hydrogen) atoms. The van der Waals surface area contributed by atoms with Crippen molar-refractivity contribution in [3.63, 3.8) is 0 Å². The van der Waals surface area contributed by atoms with Crippen molar-refractivity contribution < 1.29 is 0 Å². The summed E-state index contributed by atoms with van der Waals surface area (Å²) in [7, 11) is 0. The summed E-state index contributed by atoms with van der Waals surface area (Å²) < 4.78 is 0. The van der Waals surface area contributed by atoms with Gasteiger partial charge in [0.1, 0.15) is 5.82 Å². The molecule has 1 fully saturated rings. The first kappa shape index (κ1) is 14.1. The van der Waals surface area contributed by atoms with Crippen LogP contribution in [0.3, 0.4) is 0 Å². The van der Waals surface area contributed by atoms with E-state index in [1.807, 2.05) is 6.20 Å². The van der Waals surface area contributed by atoms with Crippen molar-refractivity contribution in [2.75, 3.05) is 13.1 Å². The fourth-order valence-corrected chi connectivity index (χ4v) is 2.77. The zero-order valence-electron chi connectivity index (χ0n) is 12.1. The zero-order valence-corrected chi connectivity index (χ0v) is 12.1. The van der Waals surface area contributed by atoms with Gasteiger partial charge in [0.05, 0.1) is 11.5 Å². The average molecular weight is 260 g/mol. The number of aromatic nitrogens is 2. The molecule has 0 unspecified atom stereocenters. The second-order valence-corrected chi connectivity index (χ2v) is 5.95. The molecule has 0 amide bonds. The Hall–Kier alpha value is -1.34. The molecule has 1 aromatic heterocycles. The molecular weight excluding hydrogens is 236 g/mol. The molecule has 0 spiro atoms. The topological polar surface area (TPSA) is 55.7 Å². The van der Waals surface area contributed by atoms with E-state index in [2.05, 4.69) is 34.8 Å². The van der Waals surface area contributed by atoms with Crippen molar-refractivity contribution in [3.8, 4) is 6.07 Å². The van der Waals surface area contributed by atoms with Gasteiger partial charge in [0.25, 0.3) is 0 Å². The van der Waals surface area contributed by atoms with Gasteiger partial charge in [-0.05, 0) is 32.7 Å². The van der Waals surface area contributed by atoms with Gasteiger partial charge in [-0.3, -0.25) is 4.90 Å². The molecule has 0 aromatic carbocycles. The predicted octanol–water partition coefficient (Wildman–Crippen LogP) is 2.88. The predicted molar refractivity (Wildman–Crippen MR) is 75.4 cm³/mol. The van der Waals surface area contributed by atoms with E-state index in [-0.39, 0.29) is 5.41 Å². The number of nitrogens with zero attached hydrogens (tertiary/aromatic N) is 3. The van der Waals surface area contributed by atoms with Gasteiger partial charge in [-0.1, -0.05) is 13.3 Å². The van der Waals surface area contributed by atoms with Gasteiger partial charge in [-0.2, -0.15) is 5.26 Å². The van der Waals surface area contributed by atoms with Crippen LogP contribution in [0, 0.1) is 16.7 Å². The third kappa shape index (κ3) is 3.81. The number of rotatable bonds is 5. The van der Waals surface area contributed by atoms with Crippen molar-refractivity contribution in [2.45, 2.75) is 52.5 Å². The van der Waals surface area contributed by atoms with Crippen LogP contribution in [0.15, 0.2) is 6.20 Å². The number of nitrogens with one attached hydrogen (secondary N) is 1. The van der Waals surface area contributed by atoms with Crippen LogP contribution in [-0.2, 0) is 13.0 Å². The van der Waals surface area contributed by atoms with Crippen molar-refractivity contribution in [1.29, 1.82) is 5.26 Å². The summed E-state index contributed by atoms with van der Waals surface area (Å²) in [6, 6.07) is 2.46. The molecule has 104 valence electrons. The van der Waals surface area contributed by atoms with Crippen molar-refractivity contribution in [1.82, 2.24) is 14.9 Å². The lowest BCUT2D eigenvalue weighted by Crippen LogP contribution is -2.40. The van der Waals surface area contributed by atoms with Gasteiger partial charge >= 0.3 is 0 Å². The molecule has 1 aliphatic rings. The maximum absolute atomic E-state index is 9.24. The highest BCUT2D eigenvalue weighted by molar-refractivity contribution is 5.04. The normalized spacial score (nSPS) is 24.3. The van der Waals surface area contributed by atoms with Gasteiger partial charge in [-0.15, -0.1) is 0 Å². The van der Waals surface area contributed by atoms with Crippen molar-refractivity contribution in [2.24, 2.45) is 5.41 Å². The van der Waals surface area contributed by atoms with Crippen LogP contribution < -0.4 is 0 Å². The molecule has 0 aliphatic carbocycles. The fraction of sp³-hybridized carbons (Fsp3) is 0.733. The Morgan fingerprint density at radius 1 is 1.58 bits per heavy atom. The molecule has 1 N–H and O–H groups in total. The fourth-order valence-electron chi connectivity index (χ4n) is 2.77. The second kappa shape index (κ2) is 6.21. The van der Waals surface area contributed by atoms with Gasteiger partial charge in [0.15, 0.2) is 0 Å². The summed E-state index contributed by atoms with van der Waals surface area (Å²) in [6.07, 6.45) is 7.49. The second-order valence-electron chi connectivity index (χ2n) is 5.95. The Morgan fingerprint density at radius 2 is 2.42 bits per heavy atom. The molecule has 0 bridgehead atoms. The number of piperidine rings is 1. The van der Waals surface area contributed by atoms with Crippen LogP contribution in [0.1, 0.15) is 51.0 Å². The summed E-state index contributed by atoms with van der Waals surface area (Å²) in [6.45, 7) is 7.10. The number of nitriles is 1. The smallest absolute Gasteiger partial charge is 0.106 e. The van der Waals surface area contributed by atoms with E-state index in [1.165, 1.54) is 18.5 Å². The molecular formula is C15H24N4. The summed E-state index contributed by atoms with van der Waals surface area (Å²) in [5.41, 5.74) is 0.997. The van der Waals surface area contributed by atoms with Crippen molar-refractivity contribution >= 4 is 0 Å². The van der Waals surface area contributed by atoms with Crippen LogP contribution in [0.4, 0.5) is 0 Å². The van der Waals surface area contributed by atoms with Crippen molar-refractivity contribution in [3.05, 3.63) is 17.7 Å². The third-order valence-electron chi connectivity index (χ3n) is 3.89. The van der Waals surface area contributed by atoms with Gasteiger partial charge in [0.2, 0.25) is 0 Å². The van der Waals surface area contributed by atoms with E-state index in [4.69, 9.17) is 0 Å². The lowest BCUT2D eigenvalue weighted by atomic mass is 9.83. The van der Waals surface area contributed by atoms with Gasteiger partial charge in [0, 0.05) is 31.4 Å². The van der Waals surface area contributed by atoms with Crippen LogP contribution in [0.25, 0.3) is 0 Å². The highest BCUT2D eigenvalue weighted by atomic mass is 15.1. The number of imidazole rings is 1. The van der Waals surface area contributed by atoms with E-state index in [0.717, 1.165) is 44.7 Å². The van der Waals surface area contributed by atoms with E-state index in [9.17, 15) is 5.26 Å². The number of aromatic amines is 1. The Balaban J connectivity index is 1.90. The molecule has 1 atom stereocenters. The van der Waals surface area contributed by atoms with Gasteiger partial charge in [-0.25, -0.2) is 4.98 Å². The number of hydrogen-bond donors (Lipinski definition) is 1. The molecule has 0 saturated carbocycles. The number of likely N-dealkylation sites (tertiary alicyclic amines) is 1. The monoisotopic (exact) mass is 260 g/mol. The summed E-state index contributed by atoms with van der Waals surface area (Å²) >= 11 is 0. The first-order chi connectivity index (χ1) is 9.15. The van der Waals surface area contributed by atoms with Gasteiger partial charge < -0.3 is 4.98 Å². The first-order valence-electron chi connectivity index (χ1n) is 7.31. The number of aryl methyl sites for hydroxylation is 1. The standard InChI is InChI=1S/C15H24N4/c1-3-4-6-14-17-9-13(18-14)10-19-8-5-7-15(2,11-16)12-19/h9H,3-8,10,12H2,1-2H3,(H,17,18)/t15-/m1/s1. The summed E-state index contributed by atoms with van der Waals surface area (Å²) in [5.74, 6) is 1.09. The highest BCUT2D eigenvalue weighted by Gasteiger charge is 2.30. The van der Waals surface area contributed by atoms with E-state index in [0.29, 0.717) is 0 Å². The zero-order chi connectivity index (χ0) is 13.7. The van der Waals surface area contributed by atoms with E-state index >= 15 is 0 Å². The molecule has 2 rings (SSSR count). The Labute approximate surface area is 115 Å². The molecule has 4 nitrogen and oxygen atoms in total. The number of unbranched alkanes of at least 4 members (excludes halogenated alkanes) is 1. The van der Waals surface area contributed by atoms with E-state index < -0.39 is 0 Å². The number of hydrogen-bond acceptors (Lipinski definition) is 3. The molecule has 1 aromatic rings. The van der Waals surface area contributed by atoms with Crippen LogP contribution in [0.5, 0.6) is 0 Å². The average Bonchev–Trinajstić information content (AvgIpc) is 2.84. The Morgan fingerprint density at radius 3 is 3.16 bits per heavy atom. The van der Waals surface area contributed by atoms with E-state index in [1.54, 1.807) is 0 Å². The minimum atomic E-state index is -0.177. The maximum Gasteiger partial charge on any atom is 0.106 e. The van der Waals surface area contributed by atoms with Crippen LogP contribution >= 0.6 is 0 Å². The number of H-pyrrole nitrogens is 1. The Bertz CT molecular complexity index is 445. The molecule has 1 saturated heterocycles. The molecule has 4 heteroatoms. The lowest BCUT2D eigenvalue weighted by molar-refractivity contribution is 0.135. The summed E-state index contributed by atoms with van der Waals surface area (Å²) in [4.78, 5) is 10.2.